The van der Waals surface area contributed by atoms with Crippen LogP contribution in [0.25, 0.3) is 0 Å². The van der Waals surface area contributed by atoms with E-state index in [1.54, 1.807) is 18.3 Å². The van der Waals surface area contributed by atoms with Crippen molar-refractivity contribution in [2.75, 3.05) is 6.61 Å². The SMILES string of the molecule is O=C(/C=C/COCc1ccccc1)c1c[nH]cc1Cc1ccccc1. The van der Waals surface area contributed by atoms with Crippen LogP contribution in [0.5, 0.6) is 0 Å². The van der Waals surface area contributed by atoms with Gasteiger partial charge in [0.25, 0.3) is 0 Å². The maximum Gasteiger partial charge on any atom is 0.187 e. The van der Waals surface area contributed by atoms with Crippen molar-refractivity contribution in [1.29, 1.82) is 0 Å². The molecule has 0 radical (unpaired) electrons. The number of benzene rings is 2. The van der Waals surface area contributed by atoms with Gasteiger partial charge in [-0.1, -0.05) is 66.7 Å². The van der Waals surface area contributed by atoms with Gasteiger partial charge in [-0.25, -0.2) is 0 Å². The molecule has 2 aromatic carbocycles. The van der Waals surface area contributed by atoms with Gasteiger partial charge in [0.05, 0.1) is 13.2 Å². The number of nitrogens with one attached hydrogen (secondary N) is 1. The first-order valence-electron chi connectivity index (χ1n) is 8.35. The molecule has 1 aromatic heterocycles. The molecular weight excluding hydrogens is 310 g/mol. The second-order valence-corrected chi connectivity index (χ2v) is 5.82. The van der Waals surface area contributed by atoms with Crippen LogP contribution in [0, 0.1) is 0 Å². The molecule has 0 amide bonds. The van der Waals surface area contributed by atoms with Crippen molar-refractivity contribution < 1.29 is 9.53 Å². The number of H-pyrrole nitrogens is 1. The van der Waals surface area contributed by atoms with Crippen LogP contribution in [0.3, 0.4) is 0 Å². The molecule has 0 spiro atoms. The Balaban J connectivity index is 1.52. The average molecular weight is 331 g/mol. The number of hydrogen-bond donors (Lipinski definition) is 1. The van der Waals surface area contributed by atoms with E-state index < -0.39 is 0 Å². The summed E-state index contributed by atoms with van der Waals surface area (Å²) in [5.74, 6) is -0.00417. The van der Waals surface area contributed by atoms with Crippen molar-refractivity contribution in [3.63, 3.8) is 0 Å². The lowest BCUT2D eigenvalue weighted by atomic mass is 10.0. The first kappa shape index (κ1) is 16.9. The van der Waals surface area contributed by atoms with Gasteiger partial charge in [-0.3, -0.25) is 4.79 Å². The molecular formula is C22H21NO2. The fourth-order valence-corrected chi connectivity index (χ4v) is 2.65. The Morgan fingerprint density at radius 1 is 0.920 bits per heavy atom. The summed E-state index contributed by atoms with van der Waals surface area (Å²) in [6.07, 6.45) is 7.74. The van der Waals surface area contributed by atoms with Gasteiger partial charge in [0.1, 0.15) is 0 Å². The van der Waals surface area contributed by atoms with Crippen LogP contribution >= 0.6 is 0 Å². The standard InChI is InChI=1S/C22H21NO2/c24-22(12-7-13-25-17-19-10-5-2-6-11-19)21-16-23-15-20(21)14-18-8-3-1-4-9-18/h1-12,15-16,23H,13-14,17H2/b12-7+. The molecule has 1 N–H and O–H groups in total. The first-order valence-corrected chi connectivity index (χ1v) is 8.35. The van der Waals surface area contributed by atoms with Crippen LogP contribution < -0.4 is 0 Å². The van der Waals surface area contributed by atoms with E-state index in [1.807, 2.05) is 54.7 Å². The van der Waals surface area contributed by atoms with Gasteiger partial charge in [-0.2, -0.15) is 0 Å². The highest BCUT2D eigenvalue weighted by Crippen LogP contribution is 2.15. The Morgan fingerprint density at radius 3 is 2.32 bits per heavy atom. The smallest absolute Gasteiger partial charge is 0.187 e. The van der Waals surface area contributed by atoms with Crippen LogP contribution in [0.4, 0.5) is 0 Å². The van der Waals surface area contributed by atoms with Gasteiger partial charge >= 0.3 is 0 Å². The third-order valence-electron chi connectivity index (χ3n) is 3.93. The Morgan fingerprint density at radius 2 is 1.60 bits per heavy atom. The molecule has 3 rings (SSSR count). The molecule has 3 nitrogen and oxygen atoms in total. The van der Waals surface area contributed by atoms with Gasteiger partial charge in [-0.15, -0.1) is 0 Å². The third-order valence-corrected chi connectivity index (χ3v) is 3.93. The molecule has 0 aliphatic carbocycles. The highest BCUT2D eigenvalue weighted by molar-refractivity contribution is 6.05. The topological polar surface area (TPSA) is 42.1 Å². The summed E-state index contributed by atoms with van der Waals surface area (Å²) < 4.78 is 5.57. The molecule has 0 fully saturated rings. The minimum atomic E-state index is -0.00417. The fraction of sp³-hybridized carbons (Fsp3) is 0.136. The lowest BCUT2D eigenvalue weighted by Gasteiger charge is -2.02. The van der Waals surface area contributed by atoms with Crippen molar-refractivity contribution in [3.05, 3.63) is 107 Å². The molecule has 0 aliphatic heterocycles. The summed E-state index contributed by atoms with van der Waals surface area (Å²) >= 11 is 0. The van der Waals surface area contributed by atoms with Crippen LogP contribution in [0.1, 0.15) is 27.0 Å². The number of allylic oxidation sites excluding steroid dienone is 1. The second-order valence-electron chi connectivity index (χ2n) is 5.82. The molecule has 0 atom stereocenters. The molecule has 0 bridgehead atoms. The largest absolute Gasteiger partial charge is 0.373 e. The summed E-state index contributed by atoms with van der Waals surface area (Å²) in [5.41, 5.74) is 4.03. The number of hydrogen-bond acceptors (Lipinski definition) is 2. The summed E-state index contributed by atoms with van der Waals surface area (Å²) in [5, 5.41) is 0. The molecule has 0 saturated carbocycles. The first-order chi connectivity index (χ1) is 12.3. The number of ether oxygens (including phenoxy) is 1. The predicted octanol–water partition coefficient (Wildman–Crippen LogP) is 4.56. The van der Waals surface area contributed by atoms with Crippen molar-refractivity contribution in [1.82, 2.24) is 4.98 Å². The highest BCUT2D eigenvalue weighted by atomic mass is 16.5. The maximum absolute atomic E-state index is 12.4. The summed E-state index contributed by atoms with van der Waals surface area (Å²) in [7, 11) is 0. The molecule has 25 heavy (non-hydrogen) atoms. The van der Waals surface area contributed by atoms with E-state index in [0.717, 1.165) is 17.5 Å². The monoisotopic (exact) mass is 331 g/mol. The van der Waals surface area contributed by atoms with E-state index in [0.29, 0.717) is 18.8 Å². The highest BCUT2D eigenvalue weighted by Gasteiger charge is 2.10. The van der Waals surface area contributed by atoms with E-state index in [1.165, 1.54) is 5.56 Å². The molecule has 1 heterocycles. The van der Waals surface area contributed by atoms with Crippen molar-refractivity contribution >= 4 is 5.78 Å². The van der Waals surface area contributed by atoms with Crippen LogP contribution in [0.2, 0.25) is 0 Å². The normalized spacial score (nSPS) is 11.0. The zero-order valence-electron chi connectivity index (χ0n) is 14.0. The zero-order valence-corrected chi connectivity index (χ0v) is 14.0. The fourth-order valence-electron chi connectivity index (χ4n) is 2.65. The Kier molecular flexibility index (Phi) is 5.96. The summed E-state index contributed by atoms with van der Waals surface area (Å²) in [4.78, 5) is 15.4. The number of rotatable bonds is 8. The Hall–Kier alpha value is -2.91. The second kappa shape index (κ2) is 8.81. The third kappa shape index (κ3) is 5.03. The average Bonchev–Trinajstić information content (AvgIpc) is 3.11. The number of aromatic nitrogens is 1. The van der Waals surface area contributed by atoms with E-state index >= 15 is 0 Å². The van der Waals surface area contributed by atoms with E-state index in [9.17, 15) is 4.79 Å². The lowest BCUT2D eigenvalue weighted by Crippen LogP contribution is -1.99. The lowest BCUT2D eigenvalue weighted by molar-refractivity contribution is 0.104. The van der Waals surface area contributed by atoms with E-state index in [-0.39, 0.29) is 5.78 Å². The van der Waals surface area contributed by atoms with Gasteiger partial charge < -0.3 is 9.72 Å². The van der Waals surface area contributed by atoms with Gasteiger partial charge in [-0.05, 0) is 29.2 Å². The number of ketones is 1. The van der Waals surface area contributed by atoms with Gasteiger partial charge in [0.2, 0.25) is 0 Å². The van der Waals surface area contributed by atoms with E-state index in [4.69, 9.17) is 4.74 Å². The van der Waals surface area contributed by atoms with Gasteiger partial charge in [0, 0.05) is 18.0 Å². The predicted molar refractivity (Wildman–Crippen MR) is 99.6 cm³/mol. The molecule has 0 aliphatic rings. The quantitative estimate of drug-likeness (QED) is 0.373. The number of aromatic amines is 1. The summed E-state index contributed by atoms with van der Waals surface area (Å²) in [6.45, 7) is 0.960. The van der Waals surface area contributed by atoms with Crippen molar-refractivity contribution in [2.45, 2.75) is 13.0 Å². The molecule has 126 valence electrons. The molecule has 3 aromatic rings. The minimum absolute atomic E-state index is 0.00417. The Labute approximate surface area is 148 Å². The Bertz CT molecular complexity index is 820. The van der Waals surface area contributed by atoms with Crippen LogP contribution in [0.15, 0.2) is 85.2 Å². The minimum Gasteiger partial charge on any atom is -0.373 e. The van der Waals surface area contributed by atoms with Crippen LogP contribution in [-0.2, 0) is 17.8 Å². The zero-order chi connectivity index (χ0) is 17.3. The van der Waals surface area contributed by atoms with Gasteiger partial charge in [0.15, 0.2) is 5.78 Å². The van der Waals surface area contributed by atoms with E-state index in [2.05, 4.69) is 17.1 Å². The number of carbonyl (C=O) groups excluding carboxylic acids is 1. The van der Waals surface area contributed by atoms with Crippen molar-refractivity contribution in [2.24, 2.45) is 0 Å². The van der Waals surface area contributed by atoms with Crippen molar-refractivity contribution in [3.8, 4) is 0 Å². The number of carbonyl (C=O) groups is 1. The van der Waals surface area contributed by atoms with Crippen LogP contribution in [-0.4, -0.2) is 17.4 Å². The summed E-state index contributed by atoms with van der Waals surface area (Å²) in [6, 6.07) is 20.1. The molecule has 0 saturated heterocycles. The maximum atomic E-state index is 12.4. The molecule has 0 unspecified atom stereocenters. The molecule has 3 heteroatoms.